The quantitative estimate of drug-likeness (QED) is 0.573. The zero-order chi connectivity index (χ0) is 14.9. The van der Waals surface area contributed by atoms with E-state index in [1.807, 2.05) is 54.6 Å². The van der Waals surface area contributed by atoms with Crippen LogP contribution in [0.4, 0.5) is 0 Å². The summed E-state index contributed by atoms with van der Waals surface area (Å²) in [5.74, 6) is 0.962. The molecule has 2 aromatic carbocycles. The number of carbonyl (C=O) groups excluding carboxylic acids is 1. The molecule has 0 spiro atoms. The number of rotatable bonds is 7. The molecule has 0 saturated heterocycles. The molecule has 21 heavy (non-hydrogen) atoms. The Bertz CT molecular complexity index is 552. The summed E-state index contributed by atoms with van der Waals surface area (Å²) < 4.78 is 10.6. The van der Waals surface area contributed by atoms with E-state index in [0.29, 0.717) is 19.0 Å². The third-order valence-electron chi connectivity index (χ3n) is 2.73. The molecule has 0 saturated carbocycles. The van der Waals surface area contributed by atoms with Crippen molar-refractivity contribution in [3.8, 4) is 5.75 Å². The van der Waals surface area contributed by atoms with Gasteiger partial charge in [-0.1, -0.05) is 30.3 Å². The number of hydrogen-bond acceptors (Lipinski definition) is 4. The molecule has 4 heteroatoms. The molecule has 2 rings (SSSR count). The molecular weight excluding hydrogens is 284 g/mol. The van der Waals surface area contributed by atoms with Crippen molar-refractivity contribution in [1.29, 1.82) is 0 Å². The molecule has 0 bridgehead atoms. The summed E-state index contributed by atoms with van der Waals surface area (Å²) in [6, 6.07) is 17.8. The summed E-state index contributed by atoms with van der Waals surface area (Å²) >= 11 is 1.46. The largest absolute Gasteiger partial charge is 0.489 e. The third kappa shape index (κ3) is 5.52. The number of ether oxygens (including phenoxy) is 2. The van der Waals surface area contributed by atoms with E-state index in [4.69, 9.17) is 9.47 Å². The monoisotopic (exact) mass is 302 g/mol. The molecule has 0 N–H and O–H groups in total. The summed E-state index contributed by atoms with van der Waals surface area (Å²) in [4.78, 5) is 12.3. The molecule has 0 atom stereocenters. The minimum absolute atomic E-state index is 0.188. The molecule has 3 nitrogen and oxygen atoms in total. The van der Waals surface area contributed by atoms with Gasteiger partial charge in [-0.3, -0.25) is 4.79 Å². The Morgan fingerprint density at radius 1 is 1.05 bits per heavy atom. The van der Waals surface area contributed by atoms with E-state index in [9.17, 15) is 4.79 Å². The van der Waals surface area contributed by atoms with Gasteiger partial charge in [-0.2, -0.15) is 0 Å². The van der Waals surface area contributed by atoms with Crippen molar-refractivity contribution in [2.45, 2.75) is 18.4 Å². The number of benzene rings is 2. The molecule has 0 aliphatic rings. The Balaban J connectivity index is 1.80. The molecule has 0 fully saturated rings. The zero-order valence-corrected chi connectivity index (χ0v) is 12.8. The van der Waals surface area contributed by atoms with E-state index in [1.165, 1.54) is 11.8 Å². The fourth-order valence-corrected chi connectivity index (χ4v) is 2.41. The lowest BCUT2D eigenvalue weighted by atomic mass is 10.2. The van der Waals surface area contributed by atoms with Gasteiger partial charge in [0.2, 0.25) is 0 Å². The Hall–Kier alpha value is -1.94. The molecule has 0 amide bonds. The highest BCUT2D eigenvalue weighted by Gasteiger charge is 2.03. The Labute approximate surface area is 129 Å². The van der Waals surface area contributed by atoms with E-state index in [1.54, 1.807) is 6.92 Å². The molecule has 0 aliphatic heterocycles. The Kier molecular flexibility index (Phi) is 6.16. The zero-order valence-electron chi connectivity index (χ0n) is 12.0. The molecule has 0 aromatic heterocycles. The first-order valence-electron chi connectivity index (χ1n) is 6.83. The topological polar surface area (TPSA) is 35.5 Å². The molecule has 0 aliphatic carbocycles. The maximum atomic E-state index is 11.3. The Morgan fingerprint density at radius 2 is 1.76 bits per heavy atom. The van der Waals surface area contributed by atoms with Gasteiger partial charge in [0.25, 0.3) is 0 Å². The van der Waals surface area contributed by atoms with Crippen molar-refractivity contribution in [3.05, 3.63) is 60.2 Å². The molecule has 2 aromatic rings. The molecule has 0 heterocycles. The summed E-state index contributed by atoms with van der Waals surface area (Å²) in [5.41, 5.74) is 1.14. The van der Waals surface area contributed by atoms with Crippen molar-refractivity contribution < 1.29 is 14.3 Å². The van der Waals surface area contributed by atoms with Crippen LogP contribution in [-0.4, -0.2) is 18.3 Å². The van der Waals surface area contributed by atoms with E-state index in [-0.39, 0.29) is 5.97 Å². The summed E-state index contributed by atoms with van der Waals surface area (Å²) in [6.07, 6.45) is 0. The molecule has 0 unspecified atom stereocenters. The van der Waals surface area contributed by atoms with Gasteiger partial charge in [0.1, 0.15) is 12.4 Å². The molecular formula is C17H18O3S. The van der Waals surface area contributed by atoms with Crippen LogP contribution in [0.3, 0.4) is 0 Å². The summed E-state index contributed by atoms with van der Waals surface area (Å²) in [5, 5.41) is 0. The van der Waals surface area contributed by atoms with Gasteiger partial charge in [0.15, 0.2) is 0 Å². The molecule has 110 valence electrons. The minimum atomic E-state index is -0.188. The van der Waals surface area contributed by atoms with E-state index in [0.717, 1.165) is 16.2 Å². The second-order valence-corrected chi connectivity index (χ2v) is 5.39. The lowest BCUT2D eigenvalue weighted by molar-refractivity contribution is -0.139. The van der Waals surface area contributed by atoms with Crippen LogP contribution in [0, 0.1) is 0 Å². The predicted molar refractivity (Wildman–Crippen MR) is 84.6 cm³/mol. The van der Waals surface area contributed by atoms with Gasteiger partial charge < -0.3 is 9.47 Å². The van der Waals surface area contributed by atoms with Crippen LogP contribution in [0.5, 0.6) is 5.75 Å². The first-order valence-corrected chi connectivity index (χ1v) is 7.81. The average molecular weight is 302 g/mol. The minimum Gasteiger partial charge on any atom is -0.489 e. The smallest absolute Gasteiger partial charge is 0.316 e. The SMILES string of the molecule is CCOC(=O)CSc1ccc(OCc2ccccc2)cc1. The van der Waals surface area contributed by atoms with Crippen LogP contribution in [-0.2, 0) is 16.1 Å². The van der Waals surface area contributed by atoms with E-state index in [2.05, 4.69) is 0 Å². The van der Waals surface area contributed by atoms with Crippen LogP contribution < -0.4 is 4.74 Å². The van der Waals surface area contributed by atoms with E-state index < -0.39 is 0 Å². The number of hydrogen-bond donors (Lipinski definition) is 0. The van der Waals surface area contributed by atoms with E-state index >= 15 is 0 Å². The second kappa shape index (κ2) is 8.37. The predicted octanol–water partition coefficient (Wildman–Crippen LogP) is 3.92. The first kappa shape index (κ1) is 15.4. The first-order chi connectivity index (χ1) is 10.3. The van der Waals surface area contributed by atoms with Crippen molar-refractivity contribution in [2.75, 3.05) is 12.4 Å². The van der Waals surface area contributed by atoms with Crippen LogP contribution >= 0.6 is 11.8 Å². The van der Waals surface area contributed by atoms with Gasteiger partial charge in [0.05, 0.1) is 12.4 Å². The standard InChI is InChI=1S/C17H18O3S/c1-2-19-17(18)13-21-16-10-8-15(9-11-16)20-12-14-6-4-3-5-7-14/h3-11H,2,12-13H2,1H3. The highest BCUT2D eigenvalue weighted by Crippen LogP contribution is 2.22. The normalized spacial score (nSPS) is 10.1. The van der Waals surface area contributed by atoms with Gasteiger partial charge in [-0.15, -0.1) is 11.8 Å². The van der Waals surface area contributed by atoms with Crippen molar-refractivity contribution >= 4 is 17.7 Å². The van der Waals surface area contributed by atoms with Crippen LogP contribution in [0.25, 0.3) is 0 Å². The van der Waals surface area contributed by atoms with Gasteiger partial charge in [-0.25, -0.2) is 0 Å². The third-order valence-corrected chi connectivity index (χ3v) is 3.72. The van der Waals surface area contributed by atoms with Crippen LogP contribution in [0.2, 0.25) is 0 Å². The van der Waals surface area contributed by atoms with Crippen molar-refractivity contribution in [3.63, 3.8) is 0 Å². The summed E-state index contributed by atoms with van der Waals surface area (Å²) in [7, 11) is 0. The highest BCUT2D eigenvalue weighted by atomic mass is 32.2. The van der Waals surface area contributed by atoms with Crippen LogP contribution in [0.1, 0.15) is 12.5 Å². The van der Waals surface area contributed by atoms with Gasteiger partial charge in [-0.05, 0) is 36.8 Å². The lowest BCUT2D eigenvalue weighted by Crippen LogP contribution is -2.06. The second-order valence-electron chi connectivity index (χ2n) is 4.34. The van der Waals surface area contributed by atoms with Gasteiger partial charge >= 0.3 is 5.97 Å². The van der Waals surface area contributed by atoms with Crippen molar-refractivity contribution in [2.24, 2.45) is 0 Å². The number of esters is 1. The fourth-order valence-electron chi connectivity index (χ4n) is 1.72. The maximum absolute atomic E-state index is 11.3. The van der Waals surface area contributed by atoms with Gasteiger partial charge in [0, 0.05) is 4.90 Å². The lowest BCUT2D eigenvalue weighted by Gasteiger charge is -2.07. The maximum Gasteiger partial charge on any atom is 0.316 e. The highest BCUT2D eigenvalue weighted by molar-refractivity contribution is 8.00. The van der Waals surface area contributed by atoms with Crippen molar-refractivity contribution in [1.82, 2.24) is 0 Å². The number of thioether (sulfide) groups is 1. The average Bonchev–Trinajstić information content (AvgIpc) is 2.53. The number of carbonyl (C=O) groups is 1. The van der Waals surface area contributed by atoms with Crippen LogP contribution in [0.15, 0.2) is 59.5 Å². The molecule has 0 radical (unpaired) electrons. The summed E-state index contributed by atoms with van der Waals surface area (Å²) in [6.45, 7) is 2.78. The fraction of sp³-hybridized carbons (Fsp3) is 0.235. The Morgan fingerprint density at radius 3 is 2.43 bits per heavy atom.